The topological polar surface area (TPSA) is 27.0 Å². The molecular weight excluding hydrogens is 184 g/mol. The molecule has 0 radical (unpaired) electrons. The summed E-state index contributed by atoms with van der Waals surface area (Å²) in [6.07, 6.45) is 3.38. The quantitative estimate of drug-likeness (QED) is 0.644. The third-order valence-corrected chi connectivity index (χ3v) is 2.73. The number of nitrogens with zero attached hydrogens (tertiary/aromatic N) is 2. The average Bonchev–Trinajstić information content (AvgIpc) is 2.14. The second-order valence-electron chi connectivity index (χ2n) is 5.59. The average molecular weight is 210 g/mol. The standard InChI is InChI=1S/C13H26N2/c1-12(2)7-10-15(5)9-6-8-13(3,4)11-14/h12H,6-10H2,1-5H3. The van der Waals surface area contributed by atoms with Gasteiger partial charge in [0.2, 0.25) is 0 Å². The smallest absolute Gasteiger partial charge is 0.0683 e. The van der Waals surface area contributed by atoms with Crippen molar-refractivity contribution in [2.75, 3.05) is 20.1 Å². The van der Waals surface area contributed by atoms with Gasteiger partial charge in [-0.3, -0.25) is 0 Å². The molecule has 0 saturated carbocycles. The lowest BCUT2D eigenvalue weighted by Crippen LogP contribution is -2.23. The Balaban J connectivity index is 3.56. The van der Waals surface area contributed by atoms with Crippen molar-refractivity contribution in [2.45, 2.75) is 47.0 Å². The summed E-state index contributed by atoms with van der Waals surface area (Å²) in [4.78, 5) is 2.37. The van der Waals surface area contributed by atoms with Gasteiger partial charge in [-0.25, -0.2) is 0 Å². The summed E-state index contributed by atoms with van der Waals surface area (Å²) in [5.74, 6) is 0.781. The summed E-state index contributed by atoms with van der Waals surface area (Å²) < 4.78 is 0. The van der Waals surface area contributed by atoms with Gasteiger partial charge < -0.3 is 4.90 Å². The van der Waals surface area contributed by atoms with E-state index < -0.39 is 0 Å². The van der Waals surface area contributed by atoms with Crippen LogP contribution < -0.4 is 0 Å². The van der Waals surface area contributed by atoms with Gasteiger partial charge in [-0.05, 0) is 59.2 Å². The molecule has 0 bridgehead atoms. The number of hydrogen-bond acceptors (Lipinski definition) is 2. The molecule has 88 valence electrons. The zero-order chi connectivity index (χ0) is 11.9. The zero-order valence-electron chi connectivity index (χ0n) is 11.0. The maximum atomic E-state index is 8.87. The van der Waals surface area contributed by atoms with Crippen LogP contribution in [0.1, 0.15) is 47.0 Å². The van der Waals surface area contributed by atoms with Gasteiger partial charge in [0.25, 0.3) is 0 Å². The molecule has 0 saturated heterocycles. The van der Waals surface area contributed by atoms with Crippen LogP contribution in [-0.2, 0) is 0 Å². The molecule has 0 aromatic heterocycles. The van der Waals surface area contributed by atoms with E-state index >= 15 is 0 Å². The highest BCUT2D eigenvalue weighted by Gasteiger charge is 2.15. The summed E-state index contributed by atoms with van der Waals surface area (Å²) in [5.41, 5.74) is -0.154. The molecule has 0 heterocycles. The Morgan fingerprint density at radius 3 is 2.33 bits per heavy atom. The molecule has 0 aliphatic rings. The van der Waals surface area contributed by atoms with E-state index in [0.717, 1.165) is 25.3 Å². The number of rotatable bonds is 7. The normalized spacial score (nSPS) is 12.1. The Labute approximate surface area is 95.3 Å². The van der Waals surface area contributed by atoms with Gasteiger partial charge >= 0.3 is 0 Å². The van der Waals surface area contributed by atoms with Gasteiger partial charge in [0.15, 0.2) is 0 Å². The molecule has 0 aliphatic heterocycles. The van der Waals surface area contributed by atoms with E-state index in [1.54, 1.807) is 0 Å². The number of nitriles is 1. The van der Waals surface area contributed by atoms with Gasteiger partial charge in [-0.2, -0.15) is 5.26 Å². The first-order chi connectivity index (χ1) is 6.87. The van der Waals surface area contributed by atoms with Crippen LogP contribution in [0.25, 0.3) is 0 Å². The summed E-state index contributed by atoms with van der Waals surface area (Å²) in [6, 6.07) is 2.35. The van der Waals surface area contributed by atoms with Gasteiger partial charge in [-0.1, -0.05) is 13.8 Å². The minimum Gasteiger partial charge on any atom is -0.306 e. The molecule has 0 rings (SSSR count). The highest BCUT2D eigenvalue weighted by atomic mass is 15.1. The van der Waals surface area contributed by atoms with Crippen LogP contribution in [-0.4, -0.2) is 25.0 Å². The highest BCUT2D eigenvalue weighted by Crippen LogP contribution is 2.20. The van der Waals surface area contributed by atoms with Crippen LogP contribution in [0.4, 0.5) is 0 Å². The van der Waals surface area contributed by atoms with E-state index in [1.807, 2.05) is 13.8 Å². The number of hydrogen-bond donors (Lipinski definition) is 0. The first-order valence-corrected chi connectivity index (χ1v) is 5.97. The van der Waals surface area contributed by atoms with Crippen LogP contribution >= 0.6 is 0 Å². The zero-order valence-corrected chi connectivity index (χ0v) is 11.0. The van der Waals surface area contributed by atoms with E-state index in [2.05, 4.69) is 31.9 Å². The lowest BCUT2D eigenvalue weighted by molar-refractivity contribution is 0.288. The van der Waals surface area contributed by atoms with Gasteiger partial charge in [0.05, 0.1) is 11.5 Å². The predicted molar refractivity (Wildman–Crippen MR) is 65.6 cm³/mol. The summed E-state index contributed by atoms with van der Waals surface area (Å²) in [6.45, 7) is 10.8. The van der Waals surface area contributed by atoms with Crippen molar-refractivity contribution in [1.82, 2.24) is 4.90 Å². The van der Waals surface area contributed by atoms with E-state index in [4.69, 9.17) is 5.26 Å². The van der Waals surface area contributed by atoms with Gasteiger partial charge in [-0.15, -0.1) is 0 Å². The molecule has 0 N–H and O–H groups in total. The lowest BCUT2D eigenvalue weighted by Gasteiger charge is -2.20. The molecule has 0 spiro atoms. The summed E-state index contributed by atoms with van der Waals surface area (Å²) >= 11 is 0. The van der Waals surface area contributed by atoms with Crippen molar-refractivity contribution in [2.24, 2.45) is 11.3 Å². The molecular formula is C13H26N2. The van der Waals surface area contributed by atoms with Crippen LogP contribution in [0, 0.1) is 22.7 Å². The predicted octanol–water partition coefficient (Wildman–Crippen LogP) is 3.29. The Morgan fingerprint density at radius 2 is 1.87 bits per heavy atom. The van der Waals surface area contributed by atoms with E-state index in [9.17, 15) is 0 Å². The van der Waals surface area contributed by atoms with Crippen molar-refractivity contribution in [3.05, 3.63) is 0 Å². The maximum Gasteiger partial charge on any atom is 0.0683 e. The van der Waals surface area contributed by atoms with Crippen LogP contribution in [0.15, 0.2) is 0 Å². The molecule has 0 unspecified atom stereocenters. The van der Waals surface area contributed by atoms with E-state index in [0.29, 0.717) is 0 Å². The minimum absolute atomic E-state index is 0.154. The maximum absolute atomic E-state index is 8.87. The highest BCUT2D eigenvalue weighted by molar-refractivity contribution is 4.91. The molecule has 0 aromatic carbocycles. The van der Waals surface area contributed by atoms with Gasteiger partial charge in [0, 0.05) is 0 Å². The molecule has 15 heavy (non-hydrogen) atoms. The molecule has 0 amide bonds. The summed E-state index contributed by atoms with van der Waals surface area (Å²) in [5, 5.41) is 8.87. The van der Waals surface area contributed by atoms with Crippen molar-refractivity contribution >= 4 is 0 Å². The molecule has 2 nitrogen and oxygen atoms in total. The lowest BCUT2D eigenvalue weighted by atomic mass is 9.90. The van der Waals surface area contributed by atoms with Gasteiger partial charge in [0.1, 0.15) is 0 Å². The second-order valence-corrected chi connectivity index (χ2v) is 5.59. The Kier molecular flexibility index (Phi) is 6.60. The minimum atomic E-state index is -0.154. The van der Waals surface area contributed by atoms with Crippen molar-refractivity contribution < 1.29 is 0 Å². The Morgan fingerprint density at radius 1 is 1.27 bits per heavy atom. The molecule has 2 heteroatoms. The first kappa shape index (κ1) is 14.5. The largest absolute Gasteiger partial charge is 0.306 e. The van der Waals surface area contributed by atoms with Crippen molar-refractivity contribution in [3.8, 4) is 6.07 Å². The fraction of sp³-hybridized carbons (Fsp3) is 0.923. The fourth-order valence-corrected chi connectivity index (χ4v) is 1.44. The third-order valence-electron chi connectivity index (χ3n) is 2.73. The van der Waals surface area contributed by atoms with Crippen molar-refractivity contribution in [3.63, 3.8) is 0 Å². The van der Waals surface area contributed by atoms with Crippen molar-refractivity contribution in [1.29, 1.82) is 5.26 Å². The SMILES string of the molecule is CC(C)CCN(C)CCCC(C)(C)C#N. The van der Waals surface area contributed by atoms with E-state index in [-0.39, 0.29) is 5.41 Å². The Hall–Kier alpha value is -0.550. The third kappa shape index (κ3) is 8.44. The first-order valence-electron chi connectivity index (χ1n) is 5.97. The molecule has 0 aliphatic carbocycles. The monoisotopic (exact) mass is 210 g/mol. The molecule has 0 aromatic rings. The van der Waals surface area contributed by atoms with Crippen LogP contribution in [0.5, 0.6) is 0 Å². The van der Waals surface area contributed by atoms with E-state index in [1.165, 1.54) is 13.0 Å². The fourth-order valence-electron chi connectivity index (χ4n) is 1.44. The van der Waals surface area contributed by atoms with Crippen LogP contribution in [0.2, 0.25) is 0 Å². The molecule has 0 atom stereocenters. The second kappa shape index (κ2) is 6.85. The Bertz CT molecular complexity index is 201. The summed E-state index contributed by atoms with van der Waals surface area (Å²) in [7, 11) is 2.17. The van der Waals surface area contributed by atoms with Crippen LogP contribution in [0.3, 0.4) is 0 Å². The molecule has 0 fully saturated rings.